The number of imide groups is 1. The molecule has 2 aliphatic rings. The number of benzene rings is 1. The molecule has 5 nitrogen and oxygen atoms in total. The Labute approximate surface area is 160 Å². The Morgan fingerprint density at radius 3 is 2.59 bits per heavy atom. The summed E-state index contributed by atoms with van der Waals surface area (Å²) in [6.45, 7) is 10.4. The molecule has 2 amide bonds. The van der Waals surface area contributed by atoms with Crippen LogP contribution in [0.25, 0.3) is 0 Å². The van der Waals surface area contributed by atoms with Crippen LogP contribution < -0.4 is 0 Å². The molecular weight excluding hydrogens is 340 g/mol. The molecule has 0 radical (unpaired) electrons. The smallest absolute Gasteiger partial charge is 0.262 e. The molecule has 27 heavy (non-hydrogen) atoms. The van der Waals surface area contributed by atoms with Crippen LogP contribution in [-0.4, -0.2) is 41.0 Å². The number of nitrogens with zero attached hydrogens (tertiary/aromatic N) is 2. The van der Waals surface area contributed by atoms with Crippen LogP contribution in [0.15, 0.2) is 42.6 Å². The van der Waals surface area contributed by atoms with Crippen molar-refractivity contribution in [2.75, 3.05) is 7.05 Å². The van der Waals surface area contributed by atoms with Gasteiger partial charge in [0.1, 0.15) is 6.29 Å². The van der Waals surface area contributed by atoms with Crippen molar-refractivity contribution in [3.05, 3.63) is 59.3 Å². The van der Waals surface area contributed by atoms with Crippen LogP contribution >= 0.6 is 0 Å². The van der Waals surface area contributed by atoms with Gasteiger partial charge in [-0.25, -0.2) is 0 Å². The first-order chi connectivity index (χ1) is 12.9. The molecule has 5 heteroatoms. The summed E-state index contributed by atoms with van der Waals surface area (Å²) in [6.07, 6.45) is 3.81. The fourth-order valence-corrected chi connectivity index (χ4v) is 3.70. The quantitative estimate of drug-likeness (QED) is 0.381. The van der Waals surface area contributed by atoms with E-state index >= 15 is 0 Å². The first-order valence-corrected chi connectivity index (χ1v) is 9.35. The molecule has 142 valence electrons. The molecule has 0 N–H and O–H groups in total. The first kappa shape index (κ1) is 19.1. The highest BCUT2D eigenvalue weighted by atomic mass is 16.2. The molecule has 1 heterocycles. The summed E-state index contributed by atoms with van der Waals surface area (Å²) in [5.41, 5.74) is 3.50. The van der Waals surface area contributed by atoms with Crippen LogP contribution in [0.3, 0.4) is 0 Å². The summed E-state index contributed by atoms with van der Waals surface area (Å²) in [4.78, 5) is 40.3. The number of rotatable bonds is 9. The van der Waals surface area contributed by atoms with Crippen LogP contribution in [0.2, 0.25) is 0 Å². The average molecular weight is 366 g/mol. The zero-order valence-electron chi connectivity index (χ0n) is 16.0. The largest absolute Gasteiger partial charge is 0.374 e. The Balaban J connectivity index is 1.90. The second-order valence-corrected chi connectivity index (χ2v) is 7.55. The maximum Gasteiger partial charge on any atom is 0.262 e. The third-order valence-electron chi connectivity index (χ3n) is 5.42. The molecular formula is C22H26N2O3. The van der Waals surface area contributed by atoms with Gasteiger partial charge in [0.25, 0.3) is 11.8 Å². The average Bonchev–Trinajstić information content (AvgIpc) is 3.44. The van der Waals surface area contributed by atoms with Crippen molar-refractivity contribution in [3.8, 4) is 0 Å². The predicted octanol–water partition coefficient (Wildman–Crippen LogP) is 3.56. The molecule has 1 aromatic carbocycles. The van der Waals surface area contributed by atoms with Crippen molar-refractivity contribution >= 4 is 18.1 Å². The standard InChI is InChI=1S/C22H26N2O3/c1-14(2)19(9-6-12-25)24-21(26)18-8-5-7-17(20(18)22(24)27)13-23(4)15(3)16-10-11-16/h5,7-8,12,16,19H,1,3,6,9-11,13H2,2,4H3. The Morgan fingerprint density at radius 2 is 2.00 bits per heavy atom. The van der Waals surface area contributed by atoms with Gasteiger partial charge in [-0.1, -0.05) is 30.9 Å². The van der Waals surface area contributed by atoms with E-state index in [1.165, 1.54) is 4.90 Å². The van der Waals surface area contributed by atoms with Gasteiger partial charge >= 0.3 is 0 Å². The number of hydrogen-bond donors (Lipinski definition) is 0. The number of amides is 2. The second kappa shape index (κ2) is 7.51. The van der Waals surface area contributed by atoms with E-state index < -0.39 is 6.04 Å². The SMILES string of the molecule is C=C(C)C(CCC=O)N1C(=O)c2cccc(CN(C)C(=C)C3CC3)c2C1=O. The summed E-state index contributed by atoms with van der Waals surface area (Å²) < 4.78 is 0. The fourth-order valence-electron chi connectivity index (χ4n) is 3.70. The highest BCUT2D eigenvalue weighted by Crippen LogP contribution is 2.38. The number of fused-ring (bicyclic) bond motifs is 1. The lowest BCUT2D eigenvalue weighted by molar-refractivity contribution is -0.108. The van der Waals surface area contributed by atoms with Crippen molar-refractivity contribution < 1.29 is 14.4 Å². The number of hydrogen-bond acceptors (Lipinski definition) is 4. The van der Waals surface area contributed by atoms with Crippen molar-refractivity contribution in [2.45, 2.75) is 45.2 Å². The van der Waals surface area contributed by atoms with Gasteiger partial charge in [0.2, 0.25) is 0 Å². The summed E-state index contributed by atoms with van der Waals surface area (Å²) in [6, 6.07) is 4.95. The van der Waals surface area contributed by atoms with E-state index in [1.807, 2.05) is 19.2 Å². The Hall–Kier alpha value is -2.69. The maximum atomic E-state index is 13.2. The van der Waals surface area contributed by atoms with Crippen LogP contribution in [-0.2, 0) is 11.3 Å². The Kier molecular flexibility index (Phi) is 5.31. The van der Waals surface area contributed by atoms with E-state index in [9.17, 15) is 14.4 Å². The van der Waals surface area contributed by atoms with E-state index in [0.717, 1.165) is 30.4 Å². The predicted molar refractivity (Wildman–Crippen MR) is 104 cm³/mol. The van der Waals surface area contributed by atoms with E-state index in [0.29, 0.717) is 35.6 Å². The molecule has 1 aliphatic heterocycles. The second-order valence-electron chi connectivity index (χ2n) is 7.55. The van der Waals surface area contributed by atoms with Gasteiger partial charge in [-0.3, -0.25) is 14.5 Å². The summed E-state index contributed by atoms with van der Waals surface area (Å²) >= 11 is 0. The molecule has 1 saturated carbocycles. The third kappa shape index (κ3) is 3.59. The maximum absolute atomic E-state index is 13.2. The van der Waals surface area contributed by atoms with Crippen molar-refractivity contribution in [1.29, 1.82) is 0 Å². The van der Waals surface area contributed by atoms with Gasteiger partial charge in [0, 0.05) is 25.7 Å². The number of carbonyl (C=O) groups excluding carboxylic acids is 3. The molecule has 1 aliphatic carbocycles. The highest BCUT2D eigenvalue weighted by molar-refractivity contribution is 6.22. The van der Waals surface area contributed by atoms with Gasteiger partial charge in [-0.05, 0) is 43.7 Å². The minimum atomic E-state index is -0.463. The van der Waals surface area contributed by atoms with Gasteiger partial charge in [0.05, 0.1) is 17.2 Å². The van der Waals surface area contributed by atoms with Crippen molar-refractivity contribution in [1.82, 2.24) is 9.80 Å². The summed E-state index contributed by atoms with van der Waals surface area (Å²) in [5.74, 6) is -0.0638. The summed E-state index contributed by atoms with van der Waals surface area (Å²) in [5, 5.41) is 0. The molecule has 3 rings (SSSR count). The Bertz CT molecular complexity index is 823. The van der Waals surface area contributed by atoms with E-state index in [2.05, 4.69) is 18.1 Å². The molecule has 1 unspecified atom stereocenters. The monoisotopic (exact) mass is 366 g/mol. The molecule has 0 saturated heterocycles. The molecule has 1 fully saturated rings. The lowest BCUT2D eigenvalue weighted by Gasteiger charge is -2.26. The number of aldehydes is 1. The number of allylic oxidation sites excluding steroid dienone is 1. The van der Waals surface area contributed by atoms with Crippen LogP contribution in [0.5, 0.6) is 0 Å². The highest BCUT2D eigenvalue weighted by Gasteiger charge is 2.41. The molecule has 1 aromatic rings. The summed E-state index contributed by atoms with van der Waals surface area (Å²) in [7, 11) is 1.97. The normalized spacial score (nSPS) is 16.9. The lowest BCUT2D eigenvalue weighted by Crippen LogP contribution is -2.40. The van der Waals surface area contributed by atoms with Gasteiger partial charge < -0.3 is 9.69 Å². The lowest BCUT2D eigenvalue weighted by atomic mass is 10.0. The van der Waals surface area contributed by atoms with Crippen LogP contribution in [0.4, 0.5) is 0 Å². The fraction of sp³-hybridized carbons (Fsp3) is 0.409. The minimum Gasteiger partial charge on any atom is -0.374 e. The Morgan fingerprint density at radius 1 is 1.30 bits per heavy atom. The molecule has 0 bridgehead atoms. The zero-order valence-corrected chi connectivity index (χ0v) is 16.0. The van der Waals surface area contributed by atoms with E-state index in [4.69, 9.17) is 0 Å². The van der Waals surface area contributed by atoms with Gasteiger partial charge in [-0.2, -0.15) is 0 Å². The molecule has 0 aromatic heterocycles. The third-order valence-corrected chi connectivity index (χ3v) is 5.42. The van der Waals surface area contributed by atoms with Gasteiger partial charge in [-0.15, -0.1) is 0 Å². The van der Waals surface area contributed by atoms with E-state index in [1.54, 1.807) is 13.0 Å². The van der Waals surface area contributed by atoms with Crippen LogP contribution in [0.1, 0.15) is 58.9 Å². The van der Waals surface area contributed by atoms with Crippen molar-refractivity contribution in [3.63, 3.8) is 0 Å². The molecule has 0 spiro atoms. The van der Waals surface area contributed by atoms with Crippen molar-refractivity contribution in [2.24, 2.45) is 5.92 Å². The zero-order chi connectivity index (χ0) is 19.7. The first-order valence-electron chi connectivity index (χ1n) is 9.35. The van der Waals surface area contributed by atoms with Gasteiger partial charge in [0.15, 0.2) is 0 Å². The topological polar surface area (TPSA) is 57.7 Å². The number of carbonyl (C=O) groups is 3. The minimum absolute atomic E-state index is 0.280. The van der Waals surface area contributed by atoms with E-state index in [-0.39, 0.29) is 18.2 Å². The molecule has 1 atom stereocenters. The van der Waals surface area contributed by atoms with Crippen LogP contribution in [0, 0.1) is 5.92 Å².